The smallest absolute Gasteiger partial charge is 0.109 e. The van der Waals surface area contributed by atoms with Crippen molar-refractivity contribution < 1.29 is 0 Å². The third-order valence-electron chi connectivity index (χ3n) is 2.83. The van der Waals surface area contributed by atoms with Gasteiger partial charge in [0.1, 0.15) is 3.70 Å². The maximum absolute atomic E-state index is 4.67. The van der Waals surface area contributed by atoms with Gasteiger partial charge in [0, 0.05) is 15.4 Å². The van der Waals surface area contributed by atoms with E-state index in [0.29, 0.717) is 0 Å². The van der Waals surface area contributed by atoms with Crippen molar-refractivity contribution in [2.45, 2.75) is 0 Å². The standard InChI is InChI=1S/C15H9BrIN/c16-12-7-5-10(6-8-12)14-9-11-3-1-2-4-13(11)15(17)18-14/h1-9H. The Morgan fingerprint density at radius 1 is 0.944 bits per heavy atom. The van der Waals surface area contributed by atoms with Crippen molar-refractivity contribution in [3.8, 4) is 11.3 Å². The van der Waals surface area contributed by atoms with Crippen LogP contribution in [0.4, 0.5) is 0 Å². The van der Waals surface area contributed by atoms with Crippen LogP contribution in [-0.2, 0) is 0 Å². The van der Waals surface area contributed by atoms with E-state index in [-0.39, 0.29) is 0 Å². The highest BCUT2D eigenvalue weighted by molar-refractivity contribution is 14.1. The molecule has 0 aliphatic carbocycles. The summed E-state index contributed by atoms with van der Waals surface area (Å²) in [5.74, 6) is 0. The monoisotopic (exact) mass is 409 g/mol. The third-order valence-corrected chi connectivity index (χ3v) is 4.18. The highest BCUT2D eigenvalue weighted by Gasteiger charge is 2.05. The van der Waals surface area contributed by atoms with E-state index < -0.39 is 0 Å². The summed E-state index contributed by atoms with van der Waals surface area (Å²) in [6.07, 6.45) is 0. The fourth-order valence-corrected chi connectivity index (χ4v) is 2.94. The molecule has 0 fully saturated rings. The van der Waals surface area contributed by atoms with Crippen molar-refractivity contribution in [1.29, 1.82) is 0 Å². The minimum Gasteiger partial charge on any atom is -0.241 e. The molecule has 0 aliphatic heterocycles. The average Bonchev–Trinajstić information content (AvgIpc) is 2.39. The van der Waals surface area contributed by atoms with Crippen LogP contribution in [0.2, 0.25) is 0 Å². The number of nitrogens with zero attached hydrogens (tertiary/aromatic N) is 1. The molecule has 3 aromatic rings. The summed E-state index contributed by atoms with van der Waals surface area (Å²) >= 11 is 5.75. The lowest BCUT2D eigenvalue weighted by atomic mass is 10.1. The van der Waals surface area contributed by atoms with E-state index >= 15 is 0 Å². The van der Waals surface area contributed by atoms with Gasteiger partial charge in [-0.2, -0.15) is 0 Å². The molecule has 1 aromatic heterocycles. The highest BCUT2D eigenvalue weighted by atomic mass is 127. The first-order valence-corrected chi connectivity index (χ1v) is 7.42. The van der Waals surface area contributed by atoms with Crippen LogP contribution in [0, 0.1) is 3.70 Å². The van der Waals surface area contributed by atoms with Crippen molar-refractivity contribution in [2.75, 3.05) is 0 Å². The van der Waals surface area contributed by atoms with Crippen molar-refractivity contribution in [1.82, 2.24) is 4.98 Å². The Morgan fingerprint density at radius 3 is 2.44 bits per heavy atom. The van der Waals surface area contributed by atoms with Crippen LogP contribution in [0.5, 0.6) is 0 Å². The second kappa shape index (κ2) is 4.97. The fourth-order valence-electron chi connectivity index (χ4n) is 1.92. The summed E-state index contributed by atoms with van der Waals surface area (Å²) in [6, 6.07) is 18.7. The van der Waals surface area contributed by atoms with Crippen LogP contribution in [0.25, 0.3) is 22.0 Å². The average molecular weight is 410 g/mol. The van der Waals surface area contributed by atoms with Crippen LogP contribution in [0.15, 0.2) is 59.1 Å². The summed E-state index contributed by atoms with van der Waals surface area (Å²) in [5, 5.41) is 2.44. The first-order chi connectivity index (χ1) is 8.74. The predicted molar refractivity (Wildman–Crippen MR) is 87.6 cm³/mol. The zero-order valence-electron chi connectivity index (χ0n) is 9.40. The van der Waals surface area contributed by atoms with E-state index in [0.717, 1.165) is 19.4 Å². The van der Waals surface area contributed by atoms with Gasteiger partial charge in [-0.05, 0) is 46.2 Å². The molecule has 0 radical (unpaired) electrons. The molecule has 0 bridgehead atoms. The molecule has 0 spiro atoms. The van der Waals surface area contributed by atoms with Crippen LogP contribution in [0.3, 0.4) is 0 Å². The summed E-state index contributed by atoms with van der Waals surface area (Å²) in [4.78, 5) is 4.67. The maximum Gasteiger partial charge on any atom is 0.109 e. The molecule has 0 N–H and O–H groups in total. The highest BCUT2D eigenvalue weighted by Crippen LogP contribution is 2.26. The van der Waals surface area contributed by atoms with Crippen molar-refractivity contribution in [2.24, 2.45) is 0 Å². The molecule has 0 atom stereocenters. The number of fused-ring (bicyclic) bond motifs is 1. The molecule has 18 heavy (non-hydrogen) atoms. The van der Waals surface area contributed by atoms with Crippen molar-refractivity contribution in [3.63, 3.8) is 0 Å². The molecule has 3 rings (SSSR count). The lowest BCUT2D eigenvalue weighted by molar-refractivity contribution is 1.31. The number of aromatic nitrogens is 1. The Labute approximate surface area is 128 Å². The number of benzene rings is 2. The van der Waals surface area contributed by atoms with Gasteiger partial charge in [-0.3, -0.25) is 0 Å². The number of pyridine rings is 1. The predicted octanol–water partition coefficient (Wildman–Crippen LogP) is 5.27. The SMILES string of the molecule is Brc1ccc(-c2cc3ccccc3c(I)n2)cc1. The lowest BCUT2D eigenvalue weighted by Gasteiger charge is -2.05. The topological polar surface area (TPSA) is 12.9 Å². The molecule has 0 saturated heterocycles. The third kappa shape index (κ3) is 2.29. The van der Waals surface area contributed by atoms with Gasteiger partial charge in [0.15, 0.2) is 0 Å². The van der Waals surface area contributed by atoms with Crippen molar-refractivity contribution in [3.05, 3.63) is 62.8 Å². The van der Waals surface area contributed by atoms with Crippen LogP contribution in [-0.4, -0.2) is 4.98 Å². The molecular formula is C15H9BrIN. The molecule has 0 unspecified atom stereocenters. The van der Waals surface area contributed by atoms with Gasteiger partial charge in [-0.25, -0.2) is 4.98 Å². The van der Waals surface area contributed by atoms with Gasteiger partial charge in [-0.15, -0.1) is 0 Å². The molecule has 88 valence electrons. The molecule has 0 saturated carbocycles. The summed E-state index contributed by atoms with van der Waals surface area (Å²) in [6.45, 7) is 0. The molecular weight excluding hydrogens is 401 g/mol. The van der Waals surface area contributed by atoms with E-state index in [9.17, 15) is 0 Å². The Balaban J connectivity index is 2.21. The minimum atomic E-state index is 1.02. The molecule has 0 aliphatic rings. The Hall–Kier alpha value is -0.940. The Morgan fingerprint density at radius 2 is 1.67 bits per heavy atom. The number of halogens is 2. The zero-order valence-corrected chi connectivity index (χ0v) is 13.1. The summed E-state index contributed by atoms with van der Waals surface area (Å²) < 4.78 is 2.13. The maximum atomic E-state index is 4.67. The van der Waals surface area contributed by atoms with E-state index in [1.54, 1.807) is 0 Å². The first kappa shape index (κ1) is 12.1. The van der Waals surface area contributed by atoms with Gasteiger partial charge in [0.25, 0.3) is 0 Å². The van der Waals surface area contributed by atoms with Crippen molar-refractivity contribution >= 4 is 49.3 Å². The first-order valence-electron chi connectivity index (χ1n) is 5.55. The Kier molecular flexibility index (Phi) is 3.35. The largest absolute Gasteiger partial charge is 0.241 e. The van der Waals surface area contributed by atoms with Crippen LogP contribution < -0.4 is 0 Å². The number of hydrogen-bond acceptors (Lipinski definition) is 1. The van der Waals surface area contributed by atoms with Gasteiger partial charge in [-0.1, -0.05) is 52.3 Å². The fraction of sp³-hybridized carbons (Fsp3) is 0. The van der Waals surface area contributed by atoms with Gasteiger partial charge >= 0.3 is 0 Å². The molecule has 0 amide bonds. The summed E-state index contributed by atoms with van der Waals surface area (Å²) in [5.41, 5.74) is 2.16. The minimum absolute atomic E-state index is 1.02. The van der Waals surface area contributed by atoms with E-state index in [1.807, 2.05) is 18.2 Å². The molecule has 1 nitrogen and oxygen atoms in total. The van der Waals surface area contributed by atoms with Gasteiger partial charge in [0.05, 0.1) is 5.69 Å². The second-order valence-electron chi connectivity index (χ2n) is 4.03. The normalized spacial score (nSPS) is 10.8. The lowest BCUT2D eigenvalue weighted by Crippen LogP contribution is -1.89. The molecule has 2 aromatic carbocycles. The van der Waals surface area contributed by atoms with Crippen LogP contribution >= 0.6 is 38.5 Å². The number of rotatable bonds is 1. The van der Waals surface area contributed by atoms with E-state index in [2.05, 4.69) is 79.9 Å². The zero-order chi connectivity index (χ0) is 12.5. The molecule has 3 heteroatoms. The van der Waals surface area contributed by atoms with E-state index in [4.69, 9.17) is 0 Å². The van der Waals surface area contributed by atoms with Crippen LogP contribution in [0.1, 0.15) is 0 Å². The number of hydrogen-bond donors (Lipinski definition) is 0. The second-order valence-corrected chi connectivity index (χ2v) is 5.96. The molecule has 1 heterocycles. The quantitative estimate of drug-likeness (QED) is 0.394. The van der Waals surface area contributed by atoms with Gasteiger partial charge in [0.2, 0.25) is 0 Å². The van der Waals surface area contributed by atoms with Gasteiger partial charge < -0.3 is 0 Å². The van der Waals surface area contributed by atoms with E-state index in [1.165, 1.54) is 10.8 Å². The summed E-state index contributed by atoms with van der Waals surface area (Å²) in [7, 11) is 0. The Bertz CT molecular complexity index is 707.